The van der Waals surface area contributed by atoms with Crippen molar-refractivity contribution in [1.29, 1.82) is 0 Å². The smallest absolute Gasteiger partial charge is 0.294 e. The van der Waals surface area contributed by atoms with Gasteiger partial charge in [-0.05, 0) is 42.3 Å². The molecule has 1 amide bonds. The maximum absolute atomic E-state index is 12.8. The number of carbonyl (C=O) groups is 2. The molecule has 6 heteroatoms. The number of aliphatic hydroxyl groups is 1. The number of ether oxygens (including phenoxy) is 1. The van der Waals surface area contributed by atoms with Gasteiger partial charge < -0.3 is 9.84 Å². The molecule has 1 heterocycles. The van der Waals surface area contributed by atoms with Crippen molar-refractivity contribution in [1.82, 2.24) is 0 Å². The van der Waals surface area contributed by atoms with E-state index in [1.165, 1.54) is 4.90 Å². The number of halogens is 1. The van der Waals surface area contributed by atoms with E-state index in [0.717, 1.165) is 5.56 Å². The summed E-state index contributed by atoms with van der Waals surface area (Å²) in [6.45, 7) is 3.56. The Morgan fingerprint density at radius 2 is 1.89 bits per heavy atom. The number of anilines is 1. The van der Waals surface area contributed by atoms with Gasteiger partial charge in [0, 0.05) is 17.1 Å². The molecule has 2 aromatic carbocycles. The van der Waals surface area contributed by atoms with Crippen LogP contribution in [-0.4, -0.2) is 23.9 Å². The van der Waals surface area contributed by atoms with Crippen LogP contribution in [0.1, 0.15) is 30.5 Å². The Balaban J connectivity index is 2.16. The van der Waals surface area contributed by atoms with E-state index in [1.54, 1.807) is 56.5 Å². The molecule has 0 aliphatic carbocycles. The number of carbonyl (C=O) groups excluding carboxylic acids is 2. The van der Waals surface area contributed by atoms with E-state index in [0.29, 0.717) is 22.0 Å². The molecule has 27 heavy (non-hydrogen) atoms. The molecule has 0 saturated carbocycles. The molecule has 1 N–H and O–H groups in total. The number of ketones is 1. The predicted molar refractivity (Wildman–Crippen MR) is 104 cm³/mol. The first-order chi connectivity index (χ1) is 12.9. The van der Waals surface area contributed by atoms with Crippen LogP contribution in [0.2, 0.25) is 5.02 Å². The van der Waals surface area contributed by atoms with Gasteiger partial charge in [-0.3, -0.25) is 14.5 Å². The third kappa shape index (κ3) is 3.30. The summed E-state index contributed by atoms with van der Waals surface area (Å²) >= 11 is 6.24. The normalized spacial score (nSPS) is 16.8. The van der Waals surface area contributed by atoms with Crippen molar-refractivity contribution in [2.45, 2.75) is 26.3 Å². The molecule has 3 rings (SSSR count). The molecule has 0 bridgehead atoms. The molecule has 0 saturated heterocycles. The Morgan fingerprint density at radius 1 is 1.22 bits per heavy atom. The van der Waals surface area contributed by atoms with E-state index in [2.05, 4.69) is 0 Å². The second-order valence-corrected chi connectivity index (χ2v) is 6.73. The number of nitrogens with zero attached hydrogens (tertiary/aromatic N) is 1. The minimum atomic E-state index is -0.727. The fourth-order valence-electron chi connectivity index (χ4n) is 3.18. The van der Waals surface area contributed by atoms with Gasteiger partial charge in [0.25, 0.3) is 5.91 Å². The largest absolute Gasteiger partial charge is 0.503 e. The van der Waals surface area contributed by atoms with Crippen LogP contribution in [0.3, 0.4) is 0 Å². The molecule has 5 nitrogen and oxygen atoms in total. The number of rotatable bonds is 5. The van der Waals surface area contributed by atoms with Crippen LogP contribution in [-0.2, 0) is 9.59 Å². The average Bonchev–Trinajstić information content (AvgIpc) is 2.94. The Hall–Kier alpha value is -2.79. The third-order valence-corrected chi connectivity index (χ3v) is 5.10. The quantitative estimate of drug-likeness (QED) is 0.820. The topological polar surface area (TPSA) is 66.8 Å². The number of hydrogen-bond acceptors (Lipinski definition) is 4. The maximum atomic E-state index is 12.8. The zero-order valence-corrected chi connectivity index (χ0v) is 16.1. The van der Waals surface area contributed by atoms with Crippen LogP contribution in [0.25, 0.3) is 0 Å². The summed E-state index contributed by atoms with van der Waals surface area (Å²) in [6, 6.07) is 11.6. The van der Waals surface area contributed by atoms with Gasteiger partial charge in [-0.15, -0.1) is 0 Å². The highest BCUT2D eigenvalue weighted by molar-refractivity contribution is 6.31. The van der Waals surface area contributed by atoms with Gasteiger partial charge in [0.05, 0.1) is 18.7 Å². The highest BCUT2D eigenvalue weighted by Gasteiger charge is 2.43. The molecular formula is C21H20ClNO4. The first-order valence-electron chi connectivity index (χ1n) is 8.59. The van der Waals surface area contributed by atoms with Crippen molar-refractivity contribution < 1.29 is 19.4 Å². The summed E-state index contributed by atoms with van der Waals surface area (Å²) < 4.78 is 5.18. The van der Waals surface area contributed by atoms with Crippen LogP contribution in [0.5, 0.6) is 5.75 Å². The van der Waals surface area contributed by atoms with E-state index in [9.17, 15) is 14.7 Å². The molecule has 2 aromatic rings. The van der Waals surface area contributed by atoms with Crippen LogP contribution >= 0.6 is 11.6 Å². The van der Waals surface area contributed by atoms with Crippen molar-refractivity contribution in [2.24, 2.45) is 0 Å². The lowest BCUT2D eigenvalue weighted by Gasteiger charge is -2.27. The SMILES string of the molecule is CCC(=O)C1=C(O)C(=O)N(c2ccc(C)c(Cl)c2)C1c1ccc(OC)cc1. The number of aliphatic hydroxyl groups excluding tert-OH is 1. The van der Waals surface area contributed by atoms with E-state index in [1.807, 2.05) is 6.92 Å². The number of Topliss-reactive ketones (excluding diaryl/α,β-unsaturated/α-hetero) is 1. The monoisotopic (exact) mass is 385 g/mol. The predicted octanol–water partition coefficient (Wildman–Crippen LogP) is 4.54. The van der Waals surface area contributed by atoms with Gasteiger partial charge in [0.1, 0.15) is 5.75 Å². The number of benzene rings is 2. The zero-order valence-electron chi connectivity index (χ0n) is 15.3. The van der Waals surface area contributed by atoms with E-state index in [-0.39, 0.29) is 17.8 Å². The Labute approximate surface area is 162 Å². The molecule has 0 aromatic heterocycles. The van der Waals surface area contributed by atoms with Gasteiger partial charge >= 0.3 is 0 Å². The molecular weight excluding hydrogens is 366 g/mol. The second kappa shape index (κ2) is 7.45. The molecule has 140 valence electrons. The highest BCUT2D eigenvalue weighted by atomic mass is 35.5. The van der Waals surface area contributed by atoms with Crippen LogP contribution < -0.4 is 9.64 Å². The molecule has 1 unspecified atom stereocenters. The minimum absolute atomic E-state index is 0.101. The van der Waals surface area contributed by atoms with Crippen LogP contribution in [0.4, 0.5) is 5.69 Å². The van der Waals surface area contributed by atoms with Crippen molar-refractivity contribution in [3.05, 3.63) is 69.9 Å². The maximum Gasteiger partial charge on any atom is 0.294 e. The zero-order chi connectivity index (χ0) is 19.7. The summed E-state index contributed by atoms with van der Waals surface area (Å²) in [5.41, 5.74) is 2.18. The lowest BCUT2D eigenvalue weighted by atomic mass is 9.94. The van der Waals surface area contributed by atoms with Gasteiger partial charge in [-0.25, -0.2) is 0 Å². The summed E-state index contributed by atoms with van der Waals surface area (Å²) in [5, 5.41) is 11.0. The van der Waals surface area contributed by atoms with Crippen LogP contribution in [0.15, 0.2) is 53.8 Å². The molecule has 1 atom stereocenters. The van der Waals surface area contributed by atoms with E-state index >= 15 is 0 Å². The lowest BCUT2D eigenvalue weighted by Crippen LogP contribution is -2.31. The summed E-state index contributed by atoms with van der Waals surface area (Å²) in [7, 11) is 1.56. The first-order valence-corrected chi connectivity index (χ1v) is 8.96. The summed E-state index contributed by atoms with van der Waals surface area (Å²) in [4.78, 5) is 26.8. The Morgan fingerprint density at radius 3 is 2.44 bits per heavy atom. The van der Waals surface area contributed by atoms with Gasteiger partial charge in [-0.2, -0.15) is 0 Å². The Kier molecular flexibility index (Phi) is 5.24. The van der Waals surface area contributed by atoms with Crippen molar-refractivity contribution in [2.75, 3.05) is 12.0 Å². The van der Waals surface area contributed by atoms with Crippen molar-refractivity contribution in [3.8, 4) is 5.75 Å². The summed E-state index contributed by atoms with van der Waals surface area (Å²) in [5.74, 6) is -0.751. The van der Waals surface area contributed by atoms with E-state index < -0.39 is 17.7 Å². The number of methoxy groups -OCH3 is 1. The number of hydrogen-bond donors (Lipinski definition) is 1. The number of amides is 1. The van der Waals surface area contributed by atoms with Crippen molar-refractivity contribution in [3.63, 3.8) is 0 Å². The molecule has 0 fully saturated rings. The molecule has 1 aliphatic heterocycles. The van der Waals surface area contributed by atoms with Gasteiger partial charge in [0.2, 0.25) is 0 Å². The molecule has 1 aliphatic rings. The third-order valence-electron chi connectivity index (χ3n) is 4.69. The lowest BCUT2D eigenvalue weighted by molar-refractivity contribution is -0.118. The molecule has 0 radical (unpaired) electrons. The average molecular weight is 386 g/mol. The second-order valence-electron chi connectivity index (χ2n) is 6.32. The standard InChI is InChI=1S/C21H20ClNO4/c1-4-17(24)18-19(13-6-9-15(27-3)10-7-13)23(21(26)20(18)25)14-8-5-12(2)16(22)11-14/h5-11,19,25H,4H2,1-3H3. The van der Waals surface area contributed by atoms with E-state index in [4.69, 9.17) is 16.3 Å². The first kappa shape index (κ1) is 19.0. The Bertz CT molecular complexity index is 934. The summed E-state index contributed by atoms with van der Waals surface area (Å²) in [6.07, 6.45) is 0.182. The van der Waals surface area contributed by atoms with Gasteiger partial charge in [-0.1, -0.05) is 36.7 Å². The van der Waals surface area contributed by atoms with Crippen molar-refractivity contribution >= 4 is 29.0 Å². The number of aryl methyl sites for hydroxylation is 1. The van der Waals surface area contributed by atoms with Crippen LogP contribution in [0, 0.1) is 6.92 Å². The minimum Gasteiger partial charge on any atom is -0.503 e. The highest BCUT2D eigenvalue weighted by Crippen LogP contribution is 2.42. The molecule has 0 spiro atoms. The fraction of sp³-hybridized carbons (Fsp3) is 0.238. The van der Waals surface area contributed by atoms with Gasteiger partial charge in [0.15, 0.2) is 11.5 Å². The fourth-order valence-corrected chi connectivity index (χ4v) is 3.35.